The smallest absolute Gasteiger partial charge is 0.231 e. The number of hydrogen-bond donors (Lipinski definition) is 1. The van der Waals surface area contributed by atoms with E-state index in [2.05, 4.69) is 25.2 Å². The van der Waals surface area contributed by atoms with E-state index in [9.17, 15) is 0 Å². The number of anilines is 2. The van der Waals surface area contributed by atoms with E-state index in [4.69, 9.17) is 21.1 Å². The Labute approximate surface area is 129 Å². The molecule has 3 heterocycles. The summed E-state index contributed by atoms with van der Waals surface area (Å²) in [7, 11) is 0. The van der Waals surface area contributed by atoms with Crippen LogP contribution < -0.4 is 10.2 Å². The molecule has 0 aliphatic carbocycles. The van der Waals surface area contributed by atoms with Gasteiger partial charge in [-0.25, -0.2) is 0 Å². The van der Waals surface area contributed by atoms with Crippen molar-refractivity contribution in [2.45, 2.75) is 25.4 Å². The van der Waals surface area contributed by atoms with Gasteiger partial charge in [0.25, 0.3) is 0 Å². The molecule has 8 heteroatoms. The third-order valence-corrected chi connectivity index (χ3v) is 3.78. The average Bonchev–Trinajstić information content (AvgIpc) is 2.54. The Morgan fingerprint density at radius 2 is 2.00 bits per heavy atom. The van der Waals surface area contributed by atoms with Crippen LogP contribution in [0.15, 0.2) is 0 Å². The predicted octanol–water partition coefficient (Wildman–Crippen LogP) is 1.34. The topological polar surface area (TPSA) is 72.4 Å². The van der Waals surface area contributed by atoms with Crippen molar-refractivity contribution in [3.05, 3.63) is 5.28 Å². The summed E-state index contributed by atoms with van der Waals surface area (Å²) in [6, 6.07) is 0. The van der Waals surface area contributed by atoms with Crippen molar-refractivity contribution in [3.8, 4) is 0 Å². The molecule has 1 atom stereocenters. The lowest BCUT2D eigenvalue weighted by molar-refractivity contribution is -0.0819. The van der Waals surface area contributed by atoms with E-state index in [1.165, 1.54) is 19.3 Å². The Hall–Kier alpha value is -1.18. The summed E-state index contributed by atoms with van der Waals surface area (Å²) in [4.78, 5) is 15.0. The van der Waals surface area contributed by atoms with Gasteiger partial charge in [-0.15, -0.1) is 0 Å². The minimum absolute atomic E-state index is 0.0210. The van der Waals surface area contributed by atoms with Crippen LogP contribution in [0.25, 0.3) is 0 Å². The number of hydrogen-bond acceptors (Lipinski definition) is 7. The number of nitrogens with one attached hydrogen (secondary N) is 1. The van der Waals surface area contributed by atoms with E-state index in [1.807, 2.05) is 0 Å². The maximum absolute atomic E-state index is 6.01. The molecule has 2 aliphatic heterocycles. The molecule has 1 N–H and O–H groups in total. The minimum atomic E-state index is 0.0210. The van der Waals surface area contributed by atoms with Crippen LogP contribution in [-0.2, 0) is 9.47 Å². The van der Waals surface area contributed by atoms with Crippen LogP contribution in [0.5, 0.6) is 0 Å². The van der Waals surface area contributed by atoms with Crippen LogP contribution in [0.1, 0.15) is 19.3 Å². The van der Waals surface area contributed by atoms with E-state index in [-0.39, 0.29) is 11.4 Å². The first-order valence-corrected chi connectivity index (χ1v) is 7.79. The second-order valence-corrected chi connectivity index (χ2v) is 5.56. The second-order valence-electron chi connectivity index (χ2n) is 5.22. The van der Waals surface area contributed by atoms with Gasteiger partial charge in [-0.3, -0.25) is 0 Å². The van der Waals surface area contributed by atoms with Gasteiger partial charge in [0.15, 0.2) is 0 Å². The molecule has 2 fully saturated rings. The molecule has 0 spiro atoms. The molecule has 1 unspecified atom stereocenters. The Morgan fingerprint density at radius 1 is 1.14 bits per heavy atom. The summed E-state index contributed by atoms with van der Waals surface area (Å²) >= 11 is 6.01. The molecule has 0 aromatic carbocycles. The molecular formula is C13H20ClN5O2. The Kier molecular flexibility index (Phi) is 5.05. The van der Waals surface area contributed by atoms with Crippen LogP contribution >= 0.6 is 11.6 Å². The Morgan fingerprint density at radius 3 is 2.76 bits per heavy atom. The molecule has 116 valence electrons. The van der Waals surface area contributed by atoms with E-state index >= 15 is 0 Å². The Balaban J connectivity index is 1.62. The van der Waals surface area contributed by atoms with Gasteiger partial charge in [0.1, 0.15) is 0 Å². The number of piperidine rings is 1. The fourth-order valence-corrected chi connectivity index (χ4v) is 2.67. The summed E-state index contributed by atoms with van der Waals surface area (Å²) in [6.45, 7) is 4.42. The molecule has 7 nitrogen and oxygen atoms in total. The van der Waals surface area contributed by atoms with Crippen molar-refractivity contribution < 1.29 is 9.47 Å². The highest BCUT2D eigenvalue weighted by Gasteiger charge is 2.17. The third kappa shape index (κ3) is 4.15. The van der Waals surface area contributed by atoms with Crippen LogP contribution in [-0.4, -0.2) is 60.5 Å². The highest BCUT2D eigenvalue weighted by atomic mass is 35.5. The van der Waals surface area contributed by atoms with Gasteiger partial charge in [-0.2, -0.15) is 15.0 Å². The monoisotopic (exact) mass is 313 g/mol. The van der Waals surface area contributed by atoms with Gasteiger partial charge in [-0.05, 0) is 30.9 Å². The van der Waals surface area contributed by atoms with Crippen molar-refractivity contribution in [3.63, 3.8) is 0 Å². The first-order chi connectivity index (χ1) is 10.3. The summed E-state index contributed by atoms with van der Waals surface area (Å²) in [6.07, 6.45) is 3.62. The zero-order valence-electron chi connectivity index (χ0n) is 11.9. The highest BCUT2D eigenvalue weighted by Crippen LogP contribution is 2.18. The molecule has 0 amide bonds. The number of nitrogens with zero attached hydrogens (tertiary/aromatic N) is 4. The van der Waals surface area contributed by atoms with Crippen LogP contribution in [0, 0.1) is 0 Å². The van der Waals surface area contributed by atoms with E-state index in [0.717, 1.165) is 13.1 Å². The van der Waals surface area contributed by atoms with Crippen molar-refractivity contribution >= 4 is 23.5 Å². The fourth-order valence-electron chi connectivity index (χ4n) is 2.51. The third-order valence-electron chi connectivity index (χ3n) is 3.61. The summed E-state index contributed by atoms with van der Waals surface area (Å²) in [5, 5.41) is 3.37. The van der Waals surface area contributed by atoms with Crippen molar-refractivity contribution in [2.75, 3.05) is 49.7 Å². The first-order valence-electron chi connectivity index (χ1n) is 7.41. The van der Waals surface area contributed by atoms with Crippen molar-refractivity contribution in [1.82, 2.24) is 15.0 Å². The lowest BCUT2D eigenvalue weighted by Crippen LogP contribution is -2.35. The molecule has 0 saturated carbocycles. The van der Waals surface area contributed by atoms with E-state index in [0.29, 0.717) is 38.3 Å². The normalized spacial score (nSPS) is 23.1. The lowest BCUT2D eigenvalue weighted by atomic mass is 10.1. The summed E-state index contributed by atoms with van der Waals surface area (Å²) in [5.74, 6) is 1.14. The highest BCUT2D eigenvalue weighted by molar-refractivity contribution is 6.28. The second kappa shape index (κ2) is 7.20. The zero-order chi connectivity index (χ0) is 14.5. The molecule has 21 heavy (non-hydrogen) atoms. The maximum atomic E-state index is 6.01. The van der Waals surface area contributed by atoms with Crippen LogP contribution in [0.2, 0.25) is 5.28 Å². The molecule has 3 rings (SSSR count). The molecule has 1 aromatic rings. The molecule has 0 bridgehead atoms. The molecule has 1 aromatic heterocycles. The van der Waals surface area contributed by atoms with Gasteiger partial charge in [0, 0.05) is 19.6 Å². The minimum Gasteiger partial charge on any atom is -0.376 e. The molecule has 2 aliphatic rings. The number of ether oxygens (including phenoxy) is 2. The first kappa shape index (κ1) is 14.7. The van der Waals surface area contributed by atoms with E-state index in [1.54, 1.807) is 0 Å². The van der Waals surface area contributed by atoms with Gasteiger partial charge in [0.2, 0.25) is 17.2 Å². The SMILES string of the molecule is Clc1nc(NCC2COCCO2)nc(N2CCCCC2)n1. The number of aromatic nitrogens is 3. The predicted molar refractivity (Wildman–Crippen MR) is 79.9 cm³/mol. The van der Waals surface area contributed by atoms with Crippen molar-refractivity contribution in [1.29, 1.82) is 0 Å². The molecule has 0 radical (unpaired) electrons. The molecular weight excluding hydrogens is 294 g/mol. The van der Waals surface area contributed by atoms with Crippen molar-refractivity contribution in [2.24, 2.45) is 0 Å². The summed E-state index contributed by atoms with van der Waals surface area (Å²) in [5.41, 5.74) is 0. The quantitative estimate of drug-likeness (QED) is 0.899. The summed E-state index contributed by atoms with van der Waals surface area (Å²) < 4.78 is 10.9. The van der Waals surface area contributed by atoms with E-state index < -0.39 is 0 Å². The maximum Gasteiger partial charge on any atom is 0.231 e. The zero-order valence-corrected chi connectivity index (χ0v) is 12.7. The molecule has 2 saturated heterocycles. The fraction of sp³-hybridized carbons (Fsp3) is 0.769. The van der Waals surface area contributed by atoms with Gasteiger partial charge in [-0.1, -0.05) is 0 Å². The number of rotatable bonds is 4. The largest absolute Gasteiger partial charge is 0.376 e. The Bertz CT molecular complexity index is 464. The van der Waals surface area contributed by atoms with Gasteiger partial charge >= 0.3 is 0 Å². The average molecular weight is 314 g/mol. The van der Waals surface area contributed by atoms with Crippen LogP contribution in [0.4, 0.5) is 11.9 Å². The van der Waals surface area contributed by atoms with Gasteiger partial charge in [0.05, 0.1) is 25.9 Å². The van der Waals surface area contributed by atoms with Gasteiger partial charge < -0.3 is 19.7 Å². The van der Waals surface area contributed by atoms with Crippen LogP contribution in [0.3, 0.4) is 0 Å². The standard InChI is InChI=1S/C13H20ClN5O2/c14-11-16-12(15-8-10-9-20-6-7-21-10)18-13(17-11)19-4-2-1-3-5-19/h10H,1-9H2,(H,15,16,17,18). The lowest BCUT2D eigenvalue weighted by Gasteiger charge is -2.27. The number of halogens is 1.